The highest BCUT2D eigenvalue weighted by Crippen LogP contribution is 2.40. The molecule has 0 amide bonds. The van der Waals surface area contributed by atoms with Gasteiger partial charge in [-0.15, -0.1) is 0 Å². The monoisotopic (exact) mass is 360 g/mol. The quantitative estimate of drug-likeness (QED) is 0.474. The number of hydrogen-bond donors (Lipinski definition) is 0. The van der Waals surface area contributed by atoms with Gasteiger partial charge in [0.25, 0.3) is 0 Å². The summed E-state index contributed by atoms with van der Waals surface area (Å²) >= 11 is 0. The van der Waals surface area contributed by atoms with Crippen molar-refractivity contribution in [3.05, 3.63) is 0 Å². The normalized spacial score (nSPS) is 32.9. The van der Waals surface area contributed by atoms with Crippen LogP contribution in [0.2, 0.25) is 0 Å². The first-order chi connectivity index (χ1) is 12.2. The van der Waals surface area contributed by atoms with Crippen LogP contribution in [0.4, 0.5) is 0 Å². The van der Waals surface area contributed by atoms with Crippen LogP contribution >= 0.6 is 0 Å². The minimum Gasteiger partial charge on any atom is -0.457 e. The first-order valence-electron chi connectivity index (χ1n) is 8.90. The molecule has 3 fully saturated rings. The molecular formula is C17H28O8. The van der Waals surface area contributed by atoms with Crippen LogP contribution in [0, 0.1) is 0 Å². The van der Waals surface area contributed by atoms with Gasteiger partial charge in [-0.2, -0.15) is 0 Å². The van der Waals surface area contributed by atoms with E-state index in [2.05, 4.69) is 0 Å². The minimum absolute atomic E-state index is 0.0720. The van der Waals surface area contributed by atoms with Crippen LogP contribution < -0.4 is 0 Å². The SMILES string of the molecule is COCO[C@@H]([C@@H]1OC(=O)C[C@@H]1OCOC)[C@H]1COC2(CCCCC2)O1. The number of cyclic esters (lactones) is 1. The van der Waals surface area contributed by atoms with Gasteiger partial charge in [0.05, 0.1) is 13.0 Å². The van der Waals surface area contributed by atoms with Crippen LogP contribution in [-0.4, -0.2) is 70.6 Å². The van der Waals surface area contributed by atoms with Crippen LogP contribution in [0.15, 0.2) is 0 Å². The molecule has 3 rings (SSSR count). The molecule has 2 heterocycles. The lowest BCUT2D eigenvalue weighted by Crippen LogP contribution is -2.48. The molecule has 8 nitrogen and oxygen atoms in total. The molecule has 1 saturated carbocycles. The van der Waals surface area contributed by atoms with Crippen LogP contribution in [0.3, 0.4) is 0 Å². The third kappa shape index (κ3) is 4.50. The second kappa shape index (κ2) is 8.75. The predicted molar refractivity (Wildman–Crippen MR) is 84.6 cm³/mol. The summed E-state index contributed by atoms with van der Waals surface area (Å²) in [6, 6.07) is 0. The molecule has 1 aliphatic carbocycles. The third-order valence-electron chi connectivity index (χ3n) is 4.96. The van der Waals surface area contributed by atoms with Crippen molar-refractivity contribution in [3.63, 3.8) is 0 Å². The van der Waals surface area contributed by atoms with Gasteiger partial charge in [0.15, 0.2) is 11.9 Å². The number of carbonyl (C=O) groups is 1. The Morgan fingerprint density at radius 2 is 1.92 bits per heavy atom. The maximum atomic E-state index is 11.8. The maximum Gasteiger partial charge on any atom is 0.309 e. The molecule has 0 aromatic heterocycles. The maximum absolute atomic E-state index is 11.8. The van der Waals surface area contributed by atoms with E-state index in [0.29, 0.717) is 6.61 Å². The first kappa shape index (κ1) is 19.0. The Labute approximate surface area is 148 Å². The molecule has 0 bridgehead atoms. The summed E-state index contributed by atoms with van der Waals surface area (Å²) in [6.45, 7) is 0.558. The van der Waals surface area contributed by atoms with E-state index in [-0.39, 0.29) is 32.1 Å². The van der Waals surface area contributed by atoms with Crippen molar-refractivity contribution < 1.29 is 38.0 Å². The van der Waals surface area contributed by atoms with Gasteiger partial charge in [-0.05, 0) is 12.8 Å². The summed E-state index contributed by atoms with van der Waals surface area (Å²) in [7, 11) is 3.08. The largest absolute Gasteiger partial charge is 0.457 e. The fourth-order valence-corrected chi connectivity index (χ4v) is 3.80. The van der Waals surface area contributed by atoms with Gasteiger partial charge >= 0.3 is 5.97 Å². The zero-order valence-electron chi connectivity index (χ0n) is 14.9. The Hall–Kier alpha value is -0.770. The van der Waals surface area contributed by atoms with E-state index < -0.39 is 24.1 Å². The molecular weight excluding hydrogens is 332 g/mol. The zero-order valence-corrected chi connectivity index (χ0v) is 14.9. The van der Waals surface area contributed by atoms with Crippen LogP contribution in [0.5, 0.6) is 0 Å². The smallest absolute Gasteiger partial charge is 0.309 e. The molecule has 0 radical (unpaired) electrons. The van der Waals surface area contributed by atoms with Crippen molar-refractivity contribution in [3.8, 4) is 0 Å². The van der Waals surface area contributed by atoms with E-state index >= 15 is 0 Å². The topological polar surface area (TPSA) is 81.7 Å². The average Bonchev–Trinajstić information content (AvgIpc) is 3.18. The highest BCUT2D eigenvalue weighted by molar-refractivity contribution is 5.72. The summed E-state index contributed by atoms with van der Waals surface area (Å²) in [5.74, 6) is -0.841. The molecule has 1 spiro atoms. The van der Waals surface area contributed by atoms with Crippen LogP contribution in [-0.2, 0) is 38.0 Å². The Morgan fingerprint density at radius 1 is 1.16 bits per heavy atom. The average molecular weight is 360 g/mol. The van der Waals surface area contributed by atoms with Crippen molar-refractivity contribution >= 4 is 5.97 Å². The number of carbonyl (C=O) groups excluding carboxylic acids is 1. The van der Waals surface area contributed by atoms with Crippen LogP contribution in [0.1, 0.15) is 38.5 Å². The van der Waals surface area contributed by atoms with E-state index in [0.717, 1.165) is 25.7 Å². The molecule has 8 heteroatoms. The van der Waals surface area contributed by atoms with Crippen molar-refractivity contribution in [1.29, 1.82) is 0 Å². The molecule has 25 heavy (non-hydrogen) atoms. The Morgan fingerprint density at radius 3 is 2.64 bits per heavy atom. The summed E-state index contributed by atoms with van der Waals surface area (Å²) in [4.78, 5) is 11.8. The molecule has 3 aliphatic rings. The standard InChI is InChI=1S/C17H28O8/c1-19-10-21-12-8-14(18)24-16(12)15(22-11-20-2)13-9-23-17(25-13)6-4-3-5-7-17/h12-13,15-16H,3-11H2,1-2H3/t12-,13+,15+,16+/m0/s1. The summed E-state index contributed by atoms with van der Waals surface area (Å²) < 4.78 is 39.2. The Bertz CT molecular complexity index is 436. The molecule has 0 aromatic rings. The van der Waals surface area contributed by atoms with E-state index in [1.165, 1.54) is 13.5 Å². The number of ether oxygens (including phenoxy) is 7. The van der Waals surface area contributed by atoms with Gasteiger partial charge in [-0.3, -0.25) is 4.79 Å². The lowest BCUT2D eigenvalue weighted by molar-refractivity contribution is -0.223. The fourth-order valence-electron chi connectivity index (χ4n) is 3.80. The fraction of sp³-hybridized carbons (Fsp3) is 0.941. The lowest BCUT2D eigenvalue weighted by atomic mass is 9.94. The van der Waals surface area contributed by atoms with Gasteiger partial charge in [-0.1, -0.05) is 6.42 Å². The molecule has 2 aliphatic heterocycles. The zero-order chi connectivity index (χ0) is 17.7. The molecule has 144 valence electrons. The third-order valence-corrected chi connectivity index (χ3v) is 4.96. The highest BCUT2D eigenvalue weighted by atomic mass is 16.8. The molecule has 2 saturated heterocycles. The first-order valence-corrected chi connectivity index (χ1v) is 8.90. The summed E-state index contributed by atoms with van der Waals surface area (Å²) in [5, 5.41) is 0. The summed E-state index contributed by atoms with van der Waals surface area (Å²) in [5.41, 5.74) is 0. The van der Waals surface area contributed by atoms with E-state index in [9.17, 15) is 4.79 Å². The van der Waals surface area contributed by atoms with E-state index in [1.54, 1.807) is 7.11 Å². The van der Waals surface area contributed by atoms with Crippen molar-refractivity contribution in [2.75, 3.05) is 34.4 Å². The van der Waals surface area contributed by atoms with E-state index in [1.807, 2.05) is 0 Å². The van der Waals surface area contributed by atoms with Gasteiger partial charge in [0.1, 0.15) is 31.9 Å². The van der Waals surface area contributed by atoms with Gasteiger partial charge in [0, 0.05) is 27.1 Å². The van der Waals surface area contributed by atoms with Crippen molar-refractivity contribution in [1.82, 2.24) is 0 Å². The second-order valence-electron chi connectivity index (χ2n) is 6.75. The highest BCUT2D eigenvalue weighted by Gasteiger charge is 2.51. The number of rotatable bonds is 8. The number of methoxy groups -OCH3 is 2. The minimum atomic E-state index is -0.579. The molecule has 0 N–H and O–H groups in total. The number of esters is 1. The van der Waals surface area contributed by atoms with E-state index in [4.69, 9.17) is 33.2 Å². The Balaban J connectivity index is 1.69. The number of hydrogen-bond acceptors (Lipinski definition) is 8. The molecule has 4 atom stereocenters. The van der Waals surface area contributed by atoms with Crippen molar-refractivity contribution in [2.24, 2.45) is 0 Å². The van der Waals surface area contributed by atoms with Gasteiger partial charge < -0.3 is 33.2 Å². The van der Waals surface area contributed by atoms with Gasteiger partial charge in [0.2, 0.25) is 0 Å². The lowest BCUT2D eigenvalue weighted by Gasteiger charge is -2.34. The predicted octanol–water partition coefficient (Wildman–Crippen LogP) is 1.36. The second-order valence-corrected chi connectivity index (χ2v) is 6.75. The summed E-state index contributed by atoms with van der Waals surface area (Å²) in [6.07, 6.45) is 3.44. The van der Waals surface area contributed by atoms with Gasteiger partial charge in [-0.25, -0.2) is 0 Å². The molecule has 0 aromatic carbocycles. The van der Waals surface area contributed by atoms with Crippen LogP contribution in [0.25, 0.3) is 0 Å². The van der Waals surface area contributed by atoms with Crippen molar-refractivity contribution in [2.45, 2.75) is 68.7 Å². The molecule has 0 unspecified atom stereocenters. The Kier molecular flexibility index (Phi) is 6.65.